The first-order chi connectivity index (χ1) is 14.1. The molecule has 1 fully saturated rings. The van der Waals surface area contributed by atoms with Crippen molar-refractivity contribution in [1.82, 2.24) is 10.3 Å². The molecule has 0 spiro atoms. The highest BCUT2D eigenvalue weighted by molar-refractivity contribution is 5.86. The Labute approximate surface area is 172 Å². The van der Waals surface area contributed by atoms with Crippen LogP contribution in [0.4, 0.5) is 5.69 Å². The summed E-state index contributed by atoms with van der Waals surface area (Å²) in [7, 11) is 0. The third-order valence-corrected chi connectivity index (χ3v) is 4.77. The number of ether oxygens (including phenoxy) is 1. The predicted octanol–water partition coefficient (Wildman–Crippen LogP) is 3.25. The van der Waals surface area contributed by atoms with Crippen LogP contribution in [-0.2, 0) is 9.53 Å². The molecule has 1 aliphatic rings. The molecule has 1 unspecified atom stereocenters. The van der Waals surface area contributed by atoms with Gasteiger partial charge in [-0.1, -0.05) is 18.8 Å². The molecule has 0 aliphatic carbocycles. The number of hydrogen-bond donors (Lipinski definition) is 1. The molecule has 1 aromatic heterocycles. The molecule has 0 amide bonds. The van der Waals surface area contributed by atoms with E-state index in [0.29, 0.717) is 5.69 Å². The normalized spacial score (nSPS) is 14.9. The number of anilines is 1. The number of rotatable bonds is 5. The van der Waals surface area contributed by atoms with Crippen LogP contribution in [0, 0.1) is 11.8 Å². The van der Waals surface area contributed by atoms with Gasteiger partial charge >= 0.3 is 5.97 Å². The molecule has 0 bridgehead atoms. The lowest BCUT2D eigenvalue weighted by Crippen LogP contribution is -2.43. The minimum absolute atomic E-state index is 0.0799. The Hall–Kier alpha value is -3.10. The summed E-state index contributed by atoms with van der Waals surface area (Å²) in [6, 6.07) is 12.1. The molecule has 1 aliphatic heterocycles. The zero-order chi connectivity index (χ0) is 20.5. The number of hydrogen-bond acceptors (Lipinski definition) is 5. The molecule has 0 radical (unpaired) electrons. The monoisotopic (exact) mass is 389 g/mol. The van der Waals surface area contributed by atoms with E-state index in [1.807, 2.05) is 26.0 Å². The number of esters is 1. The van der Waals surface area contributed by atoms with E-state index in [0.717, 1.165) is 43.7 Å². The fourth-order valence-corrected chi connectivity index (χ4v) is 2.88. The largest absolute Gasteiger partial charge is 0.460 e. The van der Waals surface area contributed by atoms with Crippen LogP contribution in [0.1, 0.15) is 37.1 Å². The van der Waals surface area contributed by atoms with Crippen molar-refractivity contribution in [3.63, 3.8) is 0 Å². The number of aromatic nitrogens is 1. The van der Waals surface area contributed by atoms with Crippen molar-refractivity contribution in [1.29, 1.82) is 0 Å². The van der Waals surface area contributed by atoms with Gasteiger partial charge in [0.2, 0.25) is 0 Å². The van der Waals surface area contributed by atoms with Gasteiger partial charge in [-0.2, -0.15) is 0 Å². The second-order valence-corrected chi connectivity index (χ2v) is 6.99. The summed E-state index contributed by atoms with van der Waals surface area (Å²) >= 11 is 0. The van der Waals surface area contributed by atoms with E-state index in [9.17, 15) is 4.79 Å². The van der Waals surface area contributed by atoms with Crippen molar-refractivity contribution >= 4 is 17.7 Å². The third kappa shape index (κ3) is 6.48. The number of nitrogens with zero attached hydrogens (tertiary/aromatic N) is 2. The van der Waals surface area contributed by atoms with Crippen LogP contribution in [0.5, 0.6) is 0 Å². The van der Waals surface area contributed by atoms with E-state index in [-0.39, 0.29) is 12.1 Å². The van der Waals surface area contributed by atoms with Gasteiger partial charge in [-0.25, -0.2) is 4.79 Å². The molecule has 5 heteroatoms. The fourth-order valence-electron chi connectivity index (χ4n) is 2.88. The molecule has 1 N–H and O–H groups in total. The summed E-state index contributed by atoms with van der Waals surface area (Å²) in [5.41, 5.74) is 3.73. The summed E-state index contributed by atoms with van der Waals surface area (Å²) in [6.07, 6.45) is 5.48. The van der Waals surface area contributed by atoms with Crippen molar-refractivity contribution in [3.05, 3.63) is 65.5 Å². The molecular formula is C24H27N3O2. The summed E-state index contributed by atoms with van der Waals surface area (Å²) in [6.45, 7) is 7.97. The first-order valence-corrected chi connectivity index (χ1v) is 10.1. The van der Waals surface area contributed by atoms with Gasteiger partial charge < -0.3 is 15.0 Å². The number of nitrogens with one attached hydrogen (secondary N) is 1. The molecule has 29 heavy (non-hydrogen) atoms. The second-order valence-electron chi connectivity index (χ2n) is 6.99. The van der Waals surface area contributed by atoms with Gasteiger partial charge in [-0.05, 0) is 55.8 Å². The summed E-state index contributed by atoms with van der Waals surface area (Å²) in [5, 5.41) is 3.36. The van der Waals surface area contributed by atoms with Crippen LogP contribution in [0.15, 0.2) is 48.7 Å². The molecule has 2 aromatic rings. The van der Waals surface area contributed by atoms with E-state index < -0.39 is 0 Å². The van der Waals surface area contributed by atoms with Crippen molar-refractivity contribution in [3.8, 4) is 11.8 Å². The first kappa shape index (κ1) is 20.6. The molecular weight excluding hydrogens is 362 g/mol. The standard InChI is InChI=1S/C24H27N3O2/c1-3-19(2)29-24(28)13-10-22-9-6-21(18-26-22)5-4-20-7-11-23(12-8-20)27-16-14-25-15-17-27/h6-13,18-19,25H,3,14-17H2,1-2H3/b13-10+. The van der Waals surface area contributed by atoms with E-state index in [1.165, 1.54) is 11.8 Å². The van der Waals surface area contributed by atoms with E-state index in [1.54, 1.807) is 12.3 Å². The lowest BCUT2D eigenvalue weighted by Gasteiger charge is -2.29. The highest BCUT2D eigenvalue weighted by Crippen LogP contribution is 2.15. The van der Waals surface area contributed by atoms with Gasteiger partial charge in [-0.15, -0.1) is 0 Å². The molecule has 1 aromatic carbocycles. The number of carbonyl (C=O) groups excluding carboxylic acids is 1. The highest BCUT2D eigenvalue weighted by atomic mass is 16.5. The first-order valence-electron chi connectivity index (χ1n) is 10.1. The van der Waals surface area contributed by atoms with E-state index in [4.69, 9.17) is 4.74 Å². The van der Waals surface area contributed by atoms with E-state index >= 15 is 0 Å². The van der Waals surface area contributed by atoms with Crippen molar-refractivity contribution < 1.29 is 9.53 Å². The third-order valence-electron chi connectivity index (χ3n) is 4.77. The maximum absolute atomic E-state index is 11.7. The topological polar surface area (TPSA) is 54.5 Å². The van der Waals surface area contributed by atoms with Gasteiger partial charge in [-0.3, -0.25) is 4.98 Å². The molecule has 150 valence electrons. The smallest absolute Gasteiger partial charge is 0.331 e. The summed E-state index contributed by atoms with van der Waals surface area (Å²) in [5.74, 6) is 5.96. The minimum Gasteiger partial charge on any atom is -0.460 e. The van der Waals surface area contributed by atoms with Gasteiger partial charge in [0.1, 0.15) is 0 Å². The Morgan fingerprint density at radius 3 is 2.52 bits per heavy atom. The van der Waals surface area contributed by atoms with Gasteiger partial charge in [0.15, 0.2) is 0 Å². The van der Waals surface area contributed by atoms with E-state index in [2.05, 4.69) is 51.3 Å². The molecule has 3 rings (SSSR count). The number of benzene rings is 1. The highest BCUT2D eigenvalue weighted by Gasteiger charge is 2.09. The zero-order valence-corrected chi connectivity index (χ0v) is 17.0. The summed E-state index contributed by atoms with van der Waals surface area (Å²) < 4.78 is 5.20. The van der Waals surface area contributed by atoms with Crippen LogP contribution in [0.2, 0.25) is 0 Å². The molecule has 2 heterocycles. The quantitative estimate of drug-likeness (QED) is 0.483. The SMILES string of the molecule is CCC(C)OC(=O)/C=C/c1ccc(C#Cc2ccc(N3CCNCC3)cc2)cn1. The molecule has 1 atom stereocenters. The lowest BCUT2D eigenvalue weighted by atomic mass is 10.1. The molecule has 5 nitrogen and oxygen atoms in total. The van der Waals surface area contributed by atoms with Crippen molar-refractivity contribution in [2.45, 2.75) is 26.4 Å². The van der Waals surface area contributed by atoms with Gasteiger partial charge in [0.05, 0.1) is 11.8 Å². The van der Waals surface area contributed by atoms with Crippen molar-refractivity contribution in [2.75, 3.05) is 31.1 Å². The number of pyridine rings is 1. The minimum atomic E-state index is -0.353. The number of piperazine rings is 1. The summed E-state index contributed by atoms with van der Waals surface area (Å²) in [4.78, 5) is 18.4. The van der Waals surface area contributed by atoms with Crippen LogP contribution >= 0.6 is 0 Å². The predicted molar refractivity (Wildman–Crippen MR) is 117 cm³/mol. The Morgan fingerprint density at radius 2 is 1.86 bits per heavy atom. The Bertz CT molecular complexity index is 886. The average molecular weight is 389 g/mol. The number of carbonyl (C=O) groups is 1. The van der Waals surface area contributed by atoms with Crippen LogP contribution in [0.3, 0.4) is 0 Å². The maximum atomic E-state index is 11.7. The lowest BCUT2D eigenvalue weighted by molar-refractivity contribution is -0.142. The maximum Gasteiger partial charge on any atom is 0.331 e. The van der Waals surface area contributed by atoms with Crippen LogP contribution in [0.25, 0.3) is 6.08 Å². The van der Waals surface area contributed by atoms with Crippen LogP contribution < -0.4 is 10.2 Å². The molecule has 0 saturated carbocycles. The van der Waals surface area contributed by atoms with Gasteiger partial charge in [0.25, 0.3) is 0 Å². The Balaban J connectivity index is 1.57. The fraction of sp³-hybridized carbons (Fsp3) is 0.333. The van der Waals surface area contributed by atoms with Gasteiger partial charge in [0, 0.05) is 55.3 Å². The molecule has 1 saturated heterocycles. The second kappa shape index (κ2) is 10.4. The Kier molecular flexibility index (Phi) is 7.43. The zero-order valence-electron chi connectivity index (χ0n) is 17.0. The van der Waals surface area contributed by atoms with Crippen LogP contribution in [-0.4, -0.2) is 43.2 Å². The van der Waals surface area contributed by atoms with Crippen molar-refractivity contribution in [2.24, 2.45) is 0 Å². The Morgan fingerprint density at radius 1 is 1.17 bits per heavy atom. The average Bonchev–Trinajstić information content (AvgIpc) is 2.78.